The molecule has 0 spiro atoms. The van der Waals surface area contributed by atoms with Crippen LogP contribution >= 0.6 is 27.3 Å². The number of carbonyl (C=O) groups is 1. The fourth-order valence-corrected chi connectivity index (χ4v) is 4.23. The Morgan fingerprint density at radius 1 is 1.26 bits per heavy atom. The smallest absolute Gasteiger partial charge is 0.326 e. The number of thiophene rings is 1. The summed E-state index contributed by atoms with van der Waals surface area (Å²) in [5.74, 6) is -0.414. The molecule has 0 saturated heterocycles. The number of rotatable bonds is 7. The van der Waals surface area contributed by atoms with Crippen molar-refractivity contribution in [2.75, 3.05) is 6.61 Å². The van der Waals surface area contributed by atoms with Gasteiger partial charge in [-0.2, -0.15) is 0 Å². The van der Waals surface area contributed by atoms with Crippen LogP contribution in [0.2, 0.25) is 0 Å². The van der Waals surface area contributed by atoms with Crippen molar-refractivity contribution in [2.24, 2.45) is 0 Å². The third-order valence-electron chi connectivity index (χ3n) is 4.27. The molecule has 0 radical (unpaired) electrons. The first kappa shape index (κ1) is 19.8. The van der Waals surface area contributed by atoms with Crippen molar-refractivity contribution in [2.45, 2.75) is 39.7 Å². The molecule has 0 N–H and O–H groups in total. The third kappa shape index (κ3) is 4.30. The van der Waals surface area contributed by atoms with Gasteiger partial charge in [0, 0.05) is 14.9 Å². The van der Waals surface area contributed by atoms with E-state index in [1.165, 1.54) is 22.2 Å². The molecular weight excluding hydrogens is 428 g/mol. The number of nitrogens with zero attached hydrogens (tertiary/aromatic N) is 2. The lowest BCUT2D eigenvalue weighted by molar-refractivity contribution is -0.144. The van der Waals surface area contributed by atoms with Gasteiger partial charge in [0.05, 0.1) is 18.3 Å². The van der Waals surface area contributed by atoms with Gasteiger partial charge in [-0.15, -0.1) is 11.3 Å². The second kappa shape index (κ2) is 8.80. The molecule has 3 aromatic rings. The predicted molar refractivity (Wildman–Crippen MR) is 112 cm³/mol. The second-order valence-corrected chi connectivity index (χ2v) is 8.19. The predicted octanol–water partition coefficient (Wildman–Crippen LogP) is 4.79. The molecule has 7 heteroatoms. The number of halogens is 1. The fraction of sp³-hybridized carbons (Fsp3) is 0.350. The normalized spacial score (nSPS) is 11.1. The van der Waals surface area contributed by atoms with Gasteiger partial charge in [-0.25, -0.2) is 4.98 Å². The number of esters is 1. The van der Waals surface area contributed by atoms with Crippen LogP contribution in [0, 0.1) is 0 Å². The number of aromatic nitrogens is 2. The zero-order chi connectivity index (χ0) is 19.4. The van der Waals surface area contributed by atoms with Crippen LogP contribution in [0.4, 0.5) is 0 Å². The monoisotopic (exact) mass is 448 g/mol. The largest absolute Gasteiger partial charge is 0.464 e. The number of unbranched alkanes of at least 4 members (excludes halogenated alkanes) is 1. The van der Waals surface area contributed by atoms with Gasteiger partial charge >= 0.3 is 5.97 Å². The van der Waals surface area contributed by atoms with Crippen molar-refractivity contribution in [3.63, 3.8) is 0 Å². The van der Waals surface area contributed by atoms with Crippen molar-refractivity contribution in [1.29, 1.82) is 0 Å². The molecule has 0 aliphatic carbocycles. The minimum Gasteiger partial charge on any atom is -0.464 e. The maximum Gasteiger partial charge on any atom is 0.326 e. The molecule has 2 aromatic heterocycles. The zero-order valence-corrected chi connectivity index (χ0v) is 17.7. The molecular formula is C20H21BrN2O3S. The highest BCUT2D eigenvalue weighted by Crippen LogP contribution is 2.36. The van der Waals surface area contributed by atoms with Crippen molar-refractivity contribution in [1.82, 2.24) is 9.55 Å². The van der Waals surface area contributed by atoms with Gasteiger partial charge in [0.15, 0.2) is 0 Å². The van der Waals surface area contributed by atoms with Crippen LogP contribution in [0.15, 0.2) is 39.9 Å². The average molecular weight is 449 g/mol. The molecule has 0 aliphatic rings. The van der Waals surface area contributed by atoms with E-state index in [2.05, 4.69) is 27.8 Å². The quantitative estimate of drug-likeness (QED) is 0.384. The van der Waals surface area contributed by atoms with E-state index in [4.69, 9.17) is 4.74 Å². The van der Waals surface area contributed by atoms with E-state index in [9.17, 15) is 9.59 Å². The number of fused-ring (bicyclic) bond motifs is 1. The number of hydrogen-bond donors (Lipinski definition) is 0. The SMILES string of the molecule is CCCCOC(=O)Cn1cnc2sc(CC)c(-c3ccc(Br)cc3)c2c1=O. The van der Waals surface area contributed by atoms with E-state index in [0.717, 1.165) is 39.7 Å². The number of carbonyl (C=O) groups excluding carboxylic acids is 1. The van der Waals surface area contributed by atoms with E-state index in [-0.39, 0.29) is 12.1 Å². The third-order valence-corrected chi connectivity index (χ3v) is 6.04. The molecule has 5 nitrogen and oxygen atoms in total. The Bertz CT molecular complexity index is 1010. The Morgan fingerprint density at radius 3 is 2.67 bits per heavy atom. The maximum atomic E-state index is 13.1. The summed E-state index contributed by atoms with van der Waals surface area (Å²) in [7, 11) is 0. The number of hydrogen-bond acceptors (Lipinski definition) is 5. The Labute approximate surface area is 170 Å². The highest BCUT2D eigenvalue weighted by molar-refractivity contribution is 9.10. The molecule has 3 rings (SSSR count). The summed E-state index contributed by atoms with van der Waals surface area (Å²) in [5, 5.41) is 0.572. The lowest BCUT2D eigenvalue weighted by atomic mass is 10.0. The van der Waals surface area contributed by atoms with Crippen molar-refractivity contribution < 1.29 is 9.53 Å². The van der Waals surface area contributed by atoms with E-state index < -0.39 is 5.97 Å². The van der Waals surface area contributed by atoms with Gasteiger partial charge < -0.3 is 4.74 Å². The summed E-state index contributed by atoms with van der Waals surface area (Å²) >= 11 is 4.98. The Balaban J connectivity index is 2.04. The summed E-state index contributed by atoms with van der Waals surface area (Å²) in [6.07, 6.45) is 4.01. The van der Waals surface area contributed by atoms with Crippen LogP contribution in [0.5, 0.6) is 0 Å². The Hall–Kier alpha value is -1.99. The van der Waals surface area contributed by atoms with Gasteiger partial charge in [-0.05, 0) is 30.5 Å². The minimum atomic E-state index is -0.414. The Morgan fingerprint density at radius 2 is 2.00 bits per heavy atom. The lowest BCUT2D eigenvalue weighted by Gasteiger charge is -2.07. The van der Waals surface area contributed by atoms with Crippen LogP contribution in [0.25, 0.3) is 21.3 Å². The van der Waals surface area contributed by atoms with Gasteiger partial charge in [0.1, 0.15) is 11.4 Å². The molecule has 0 amide bonds. The second-order valence-electron chi connectivity index (χ2n) is 6.19. The molecule has 27 heavy (non-hydrogen) atoms. The van der Waals surface area contributed by atoms with Crippen molar-refractivity contribution in [3.05, 3.63) is 50.3 Å². The summed E-state index contributed by atoms with van der Waals surface area (Å²) in [6.45, 7) is 4.35. The van der Waals surface area contributed by atoms with Gasteiger partial charge in [-0.1, -0.05) is 48.3 Å². The van der Waals surface area contributed by atoms with Crippen LogP contribution in [-0.4, -0.2) is 22.1 Å². The van der Waals surface area contributed by atoms with Crippen LogP contribution in [0.3, 0.4) is 0 Å². The van der Waals surface area contributed by atoms with E-state index in [1.807, 2.05) is 31.2 Å². The van der Waals surface area contributed by atoms with Crippen molar-refractivity contribution >= 4 is 43.5 Å². The molecule has 0 bridgehead atoms. The molecule has 0 atom stereocenters. The molecule has 142 valence electrons. The van der Waals surface area contributed by atoms with Crippen LogP contribution < -0.4 is 5.56 Å². The summed E-state index contributed by atoms with van der Waals surface area (Å²) < 4.78 is 7.50. The Kier molecular flexibility index (Phi) is 6.44. The topological polar surface area (TPSA) is 61.2 Å². The molecule has 1 aromatic carbocycles. The highest BCUT2D eigenvalue weighted by Gasteiger charge is 2.19. The lowest BCUT2D eigenvalue weighted by Crippen LogP contribution is -2.25. The van der Waals surface area contributed by atoms with Crippen LogP contribution in [-0.2, 0) is 22.5 Å². The first-order valence-electron chi connectivity index (χ1n) is 8.97. The van der Waals surface area contributed by atoms with E-state index in [0.29, 0.717) is 16.8 Å². The minimum absolute atomic E-state index is 0.122. The van der Waals surface area contributed by atoms with Gasteiger partial charge in [0.2, 0.25) is 0 Å². The summed E-state index contributed by atoms with van der Waals surface area (Å²) in [5.41, 5.74) is 1.68. The summed E-state index contributed by atoms with van der Waals surface area (Å²) in [6, 6.07) is 7.89. The van der Waals surface area contributed by atoms with Crippen molar-refractivity contribution in [3.8, 4) is 11.1 Å². The molecule has 2 heterocycles. The fourth-order valence-electron chi connectivity index (χ4n) is 2.87. The van der Waals surface area contributed by atoms with Crippen LogP contribution in [0.1, 0.15) is 31.6 Å². The van der Waals surface area contributed by atoms with Gasteiger partial charge in [-0.3, -0.25) is 14.2 Å². The van der Waals surface area contributed by atoms with E-state index in [1.54, 1.807) is 0 Å². The first-order chi connectivity index (χ1) is 13.0. The van der Waals surface area contributed by atoms with Gasteiger partial charge in [0.25, 0.3) is 5.56 Å². The van der Waals surface area contributed by atoms with E-state index >= 15 is 0 Å². The zero-order valence-electron chi connectivity index (χ0n) is 15.3. The molecule has 0 aliphatic heterocycles. The summed E-state index contributed by atoms with van der Waals surface area (Å²) in [4.78, 5) is 31.4. The maximum absolute atomic E-state index is 13.1. The molecule has 0 saturated carbocycles. The molecule has 0 unspecified atom stereocenters. The number of ether oxygens (including phenoxy) is 1. The standard InChI is InChI=1S/C20H21BrN2O3S/c1-3-5-10-26-16(24)11-23-12-22-19-18(20(23)25)17(15(4-2)27-19)13-6-8-14(21)9-7-13/h6-9,12H,3-5,10-11H2,1-2H3. The highest BCUT2D eigenvalue weighted by atomic mass is 79.9. The first-order valence-corrected chi connectivity index (χ1v) is 10.6. The number of aryl methyl sites for hydroxylation is 1. The number of benzene rings is 1. The average Bonchev–Trinajstić information content (AvgIpc) is 3.04. The molecule has 0 fully saturated rings.